The molecule has 11 heteroatoms. The van der Waals surface area contributed by atoms with Gasteiger partial charge in [0, 0.05) is 35.9 Å². The van der Waals surface area contributed by atoms with Crippen molar-refractivity contribution in [2.24, 2.45) is 5.92 Å². The van der Waals surface area contributed by atoms with Crippen LogP contribution in [0.5, 0.6) is 5.75 Å². The molecule has 1 saturated carbocycles. The van der Waals surface area contributed by atoms with Gasteiger partial charge >= 0.3 is 0 Å². The van der Waals surface area contributed by atoms with E-state index in [0.29, 0.717) is 59.8 Å². The molecule has 2 aromatic carbocycles. The molecule has 0 spiro atoms. The highest BCUT2D eigenvalue weighted by Gasteiger charge is 2.34. The number of halogens is 1. The Morgan fingerprint density at radius 2 is 1.95 bits per heavy atom. The lowest BCUT2D eigenvalue weighted by Gasteiger charge is -2.31. The fourth-order valence-electron chi connectivity index (χ4n) is 6.36. The molecule has 1 fully saturated rings. The molecule has 6 rings (SSSR count). The van der Waals surface area contributed by atoms with Gasteiger partial charge in [-0.05, 0) is 77.0 Å². The second-order valence-corrected chi connectivity index (χ2v) is 12.0. The number of benzene rings is 2. The standard InChI is InChI=1S/C32H37ClN6O4/c1-4-42-27-14-13-22(33)18-25(27)31-36-35-30(43-31)21-10-8-9-20(17-21)29(40)34-28-26-19-24(37(2)3)15-16-38(26)39(32(28)41)23-11-6-5-7-12-23/h5-7,11-14,18,20-21,24H,4,8-10,15-17,19H2,1-3H3,(H,34,40)/t20-,21+,24?/m1/s1. The van der Waals surface area contributed by atoms with Gasteiger partial charge in [0.2, 0.25) is 11.8 Å². The van der Waals surface area contributed by atoms with Crippen molar-refractivity contribution in [3.63, 3.8) is 0 Å². The van der Waals surface area contributed by atoms with Crippen LogP contribution in [0.4, 0.5) is 5.69 Å². The Labute approximate surface area is 255 Å². The molecule has 2 aliphatic rings. The third-order valence-corrected chi connectivity index (χ3v) is 8.87. The minimum absolute atomic E-state index is 0.0671. The van der Waals surface area contributed by atoms with Crippen molar-refractivity contribution >= 4 is 23.2 Å². The molecule has 1 unspecified atom stereocenters. The van der Waals surface area contributed by atoms with E-state index in [1.165, 1.54) is 0 Å². The zero-order valence-electron chi connectivity index (χ0n) is 24.8. The maximum Gasteiger partial charge on any atom is 0.295 e. The topological polar surface area (TPSA) is 107 Å². The van der Waals surface area contributed by atoms with Gasteiger partial charge in [-0.2, -0.15) is 0 Å². The van der Waals surface area contributed by atoms with E-state index in [0.717, 1.165) is 37.1 Å². The largest absolute Gasteiger partial charge is 0.493 e. The van der Waals surface area contributed by atoms with Gasteiger partial charge in [0.1, 0.15) is 11.4 Å². The van der Waals surface area contributed by atoms with E-state index >= 15 is 0 Å². The summed E-state index contributed by atoms with van der Waals surface area (Å²) >= 11 is 6.24. The summed E-state index contributed by atoms with van der Waals surface area (Å²) in [4.78, 5) is 29.8. The van der Waals surface area contributed by atoms with Gasteiger partial charge in [-0.15, -0.1) is 10.2 Å². The summed E-state index contributed by atoms with van der Waals surface area (Å²) in [5.74, 6) is 0.962. The van der Waals surface area contributed by atoms with Crippen LogP contribution in [0.3, 0.4) is 0 Å². The van der Waals surface area contributed by atoms with Crippen LogP contribution in [-0.4, -0.2) is 57.1 Å². The van der Waals surface area contributed by atoms with Crippen LogP contribution < -0.4 is 15.6 Å². The molecule has 3 atom stereocenters. The number of carbonyl (C=O) groups excluding carboxylic acids is 1. The first-order chi connectivity index (χ1) is 20.8. The van der Waals surface area contributed by atoms with Gasteiger partial charge in [0.25, 0.3) is 11.4 Å². The van der Waals surface area contributed by atoms with Crippen LogP contribution in [0.25, 0.3) is 17.1 Å². The van der Waals surface area contributed by atoms with E-state index in [9.17, 15) is 9.59 Å². The van der Waals surface area contributed by atoms with Crippen molar-refractivity contribution in [2.45, 2.75) is 64.0 Å². The summed E-state index contributed by atoms with van der Waals surface area (Å²) < 4.78 is 15.6. The minimum atomic E-state index is -0.285. The van der Waals surface area contributed by atoms with Crippen molar-refractivity contribution in [2.75, 3.05) is 26.0 Å². The molecule has 10 nitrogen and oxygen atoms in total. The maximum atomic E-state index is 13.8. The molecule has 0 radical (unpaired) electrons. The Balaban J connectivity index is 1.24. The number of hydrogen-bond acceptors (Lipinski definition) is 7. The minimum Gasteiger partial charge on any atom is -0.493 e. The normalized spacial score (nSPS) is 20.2. The van der Waals surface area contributed by atoms with Crippen LogP contribution in [0.15, 0.2) is 57.7 Å². The van der Waals surface area contributed by atoms with Crippen molar-refractivity contribution in [3.05, 3.63) is 75.5 Å². The third-order valence-electron chi connectivity index (χ3n) is 8.64. The Morgan fingerprint density at radius 1 is 1.14 bits per heavy atom. The monoisotopic (exact) mass is 604 g/mol. The molecule has 2 aromatic heterocycles. The molecule has 1 amide bonds. The van der Waals surface area contributed by atoms with Crippen LogP contribution in [0.2, 0.25) is 5.02 Å². The van der Waals surface area contributed by atoms with Crippen LogP contribution in [-0.2, 0) is 17.8 Å². The van der Waals surface area contributed by atoms with E-state index in [4.69, 9.17) is 20.8 Å². The number of anilines is 1. The fraction of sp³-hybridized carbons (Fsp3) is 0.438. The molecule has 3 heterocycles. The number of carbonyl (C=O) groups is 1. The summed E-state index contributed by atoms with van der Waals surface area (Å²) in [6.07, 6.45) is 4.58. The van der Waals surface area contributed by atoms with Crippen LogP contribution in [0, 0.1) is 5.92 Å². The summed E-state index contributed by atoms with van der Waals surface area (Å²) in [5.41, 5.74) is 2.48. The van der Waals surface area contributed by atoms with E-state index in [-0.39, 0.29) is 29.3 Å². The average molecular weight is 605 g/mol. The SMILES string of the molecule is CCOc1ccc(Cl)cc1-c1nnc([C@H]2CCC[C@@H](C(=O)Nc3c4n(n(-c5ccccc5)c3=O)CCC(N(C)C)C4)C2)o1. The van der Waals surface area contributed by atoms with E-state index < -0.39 is 0 Å². The van der Waals surface area contributed by atoms with Gasteiger partial charge in [-0.25, -0.2) is 4.68 Å². The first kappa shape index (κ1) is 29.2. The van der Waals surface area contributed by atoms with Gasteiger partial charge in [-0.3, -0.25) is 14.3 Å². The number of nitrogens with one attached hydrogen (secondary N) is 1. The zero-order chi connectivity index (χ0) is 30.1. The highest BCUT2D eigenvalue weighted by Crippen LogP contribution is 2.39. The first-order valence-electron chi connectivity index (χ1n) is 15.0. The Kier molecular flexibility index (Phi) is 8.41. The molecule has 0 saturated heterocycles. The van der Waals surface area contributed by atoms with Gasteiger partial charge in [0.05, 0.1) is 23.6 Å². The Morgan fingerprint density at radius 3 is 2.72 bits per heavy atom. The number of amides is 1. The van der Waals surface area contributed by atoms with Crippen molar-refractivity contribution in [1.29, 1.82) is 0 Å². The number of fused-ring (bicyclic) bond motifs is 1. The number of rotatable bonds is 8. The second-order valence-electron chi connectivity index (χ2n) is 11.6. The van der Waals surface area contributed by atoms with Gasteiger partial charge in [-0.1, -0.05) is 36.2 Å². The van der Waals surface area contributed by atoms with Crippen LogP contribution >= 0.6 is 11.6 Å². The van der Waals surface area contributed by atoms with Gasteiger partial charge < -0.3 is 19.4 Å². The molecular weight excluding hydrogens is 568 g/mol. The average Bonchev–Trinajstić information content (AvgIpc) is 3.61. The summed E-state index contributed by atoms with van der Waals surface area (Å²) in [6, 6.07) is 15.2. The number of para-hydroxylation sites is 1. The highest BCUT2D eigenvalue weighted by atomic mass is 35.5. The summed E-state index contributed by atoms with van der Waals surface area (Å²) in [6.45, 7) is 3.10. The number of nitrogens with zero attached hydrogens (tertiary/aromatic N) is 5. The number of ether oxygens (including phenoxy) is 1. The molecule has 1 N–H and O–H groups in total. The highest BCUT2D eigenvalue weighted by molar-refractivity contribution is 6.30. The van der Waals surface area contributed by atoms with Crippen molar-refractivity contribution in [1.82, 2.24) is 24.5 Å². The maximum absolute atomic E-state index is 13.8. The number of aromatic nitrogens is 4. The smallest absolute Gasteiger partial charge is 0.295 e. The lowest BCUT2D eigenvalue weighted by Crippen LogP contribution is -2.37. The van der Waals surface area contributed by atoms with Crippen molar-refractivity contribution in [3.8, 4) is 22.9 Å². The molecule has 43 heavy (non-hydrogen) atoms. The molecule has 1 aliphatic heterocycles. The lowest BCUT2D eigenvalue weighted by atomic mass is 9.81. The summed E-state index contributed by atoms with van der Waals surface area (Å²) in [7, 11) is 4.11. The third kappa shape index (κ3) is 5.86. The predicted molar refractivity (Wildman–Crippen MR) is 165 cm³/mol. The molecule has 0 bridgehead atoms. The quantitative estimate of drug-likeness (QED) is 0.282. The Bertz CT molecular complexity index is 1660. The Hall–Kier alpha value is -3.89. The fourth-order valence-corrected chi connectivity index (χ4v) is 6.53. The van der Waals surface area contributed by atoms with Crippen molar-refractivity contribution < 1.29 is 13.9 Å². The molecule has 1 aliphatic carbocycles. The predicted octanol–water partition coefficient (Wildman–Crippen LogP) is 5.53. The first-order valence-corrected chi connectivity index (χ1v) is 15.3. The van der Waals surface area contributed by atoms with Crippen LogP contribution in [0.1, 0.15) is 56.5 Å². The van der Waals surface area contributed by atoms with E-state index in [1.807, 2.05) is 41.9 Å². The molecular formula is C32H37ClN6O4. The second kappa shape index (κ2) is 12.4. The van der Waals surface area contributed by atoms with E-state index in [1.54, 1.807) is 22.9 Å². The number of hydrogen-bond donors (Lipinski definition) is 1. The molecule has 4 aromatic rings. The number of likely N-dealkylation sites (N-methyl/N-ethyl adjacent to an activating group) is 1. The van der Waals surface area contributed by atoms with E-state index in [2.05, 4.69) is 34.5 Å². The molecule has 226 valence electrons. The lowest BCUT2D eigenvalue weighted by molar-refractivity contribution is -0.121. The zero-order valence-corrected chi connectivity index (χ0v) is 25.5. The van der Waals surface area contributed by atoms with Gasteiger partial charge in [0.15, 0.2) is 0 Å². The summed E-state index contributed by atoms with van der Waals surface area (Å²) in [5, 5.41) is 12.3.